The van der Waals surface area contributed by atoms with Gasteiger partial charge < -0.3 is 16.4 Å². The molecule has 0 atom stereocenters. The minimum Gasteiger partial charge on any atom is -0.370 e. The summed E-state index contributed by atoms with van der Waals surface area (Å²) in [5.74, 6) is -0.0513. The van der Waals surface area contributed by atoms with Crippen LogP contribution in [-0.4, -0.2) is 50.1 Å². The van der Waals surface area contributed by atoms with Gasteiger partial charge in [-0.05, 0) is 24.3 Å². The summed E-state index contributed by atoms with van der Waals surface area (Å²) in [6.07, 6.45) is 0. The van der Waals surface area contributed by atoms with Crippen LogP contribution >= 0.6 is 24.0 Å². The number of hydrogen-bond donors (Lipinski definition) is 2. The van der Waals surface area contributed by atoms with E-state index in [9.17, 15) is 4.39 Å². The zero-order chi connectivity index (χ0) is 13.7. The van der Waals surface area contributed by atoms with Crippen LogP contribution in [0, 0.1) is 5.82 Å². The molecule has 20 heavy (non-hydrogen) atoms. The van der Waals surface area contributed by atoms with Crippen molar-refractivity contribution < 1.29 is 4.39 Å². The van der Waals surface area contributed by atoms with Crippen molar-refractivity contribution in [1.82, 2.24) is 4.90 Å². The Kier molecular flexibility index (Phi) is 7.00. The minimum absolute atomic E-state index is 0. The highest BCUT2D eigenvalue weighted by Gasteiger charge is 2.16. The first-order valence-corrected chi connectivity index (χ1v) is 6.43. The zero-order valence-corrected chi connectivity index (χ0v) is 13.7. The summed E-state index contributed by atoms with van der Waals surface area (Å²) in [7, 11) is 0. The van der Waals surface area contributed by atoms with Gasteiger partial charge in [0.2, 0.25) is 0 Å². The molecule has 0 aromatic heterocycles. The Morgan fingerprint density at radius 1 is 1.10 bits per heavy atom. The van der Waals surface area contributed by atoms with Gasteiger partial charge in [-0.3, -0.25) is 9.89 Å². The molecule has 1 aliphatic heterocycles. The van der Waals surface area contributed by atoms with Crippen molar-refractivity contribution >= 4 is 35.6 Å². The number of aliphatic imine (C=N–C) groups is 1. The molecule has 1 aromatic rings. The topological polar surface area (TPSA) is 70.9 Å². The van der Waals surface area contributed by atoms with E-state index in [1.165, 1.54) is 12.1 Å². The molecule has 4 N–H and O–H groups in total. The molecule has 1 saturated heterocycles. The fourth-order valence-corrected chi connectivity index (χ4v) is 2.20. The zero-order valence-electron chi connectivity index (χ0n) is 11.3. The maximum atomic E-state index is 12.9. The van der Waals surface area contributed by atoms with Crippen LogP contribution in [0.3, 0.4) is 0 Å². The molecule has 7 heteroatoms. The Labute approximate surface area is 135 Å². The largest absolute Gasteiger partial charge is 0.370 e. The second kappa shape index (κ2) is 8.25. The van der Waals surface area contributed by atoms with Crippen LogP contribution in [0.4, 0.5) is 10.1 Å². The fraction of sp³-hybridized carbons (Fsp3) is 0.462. The van der Waals surface area contributed by atoms with E-state index in [0.717, 1.165) is 38.4 Å². The second-order valence-corrected chi connectivity index (χ2v) is 4.61. The lowest BCUT2D eigenvalue weighted by atomic mass is 10.2. The number of hydrogen-bond acceptors (Lipinski definition) is 3. The monoisotopic (exact) mass is 393 g/mol. The Morgan fingerprint density at radius 3 is 2.25 bits per heavy atom. The molecule has 1 aliphatic rings. The Balaban J connectivity index is 0.00000200. The molecule has 1 aromatic carbocycles. The van der Waals surface area contributed by atoms with E-state index in [2.05, 4.69) is 14.8 Å². The van der Waals surface area contributed by atoms with Gasteiger partial charge in [-0.25, -0.2) is 4.39 Å². The highest BCUT2D eigenvalue weighted by molar-refractivity contribution is 14.0. The van der Waals surface area contributed by atoms with Gasteiger partial charge in [0.05, 0.1) is 6.54 Å². The van der Waals surface area contributed by atoms with Crippen LogP contribution in [0.15, 0.2) is 29.3 Å². The summed E-state index contributed by atoms with van der Waals surface area (Å²) in [5.41, 5.74) is 11.7. The summed E-state index contributed by atoms with van der Waals surface area (Å²) in [6, 6.07) is 6.65. The molecular formula is C13H21FIN5. The molecule has 0 aliphatic carbocycles. The number of nitrogens with two attached hydrogens (primary N) is 2. The smallest absolute Gasteiger partial charge is 0.185 e. The fourth-order valence-electron chi connectivity index (χ4n) is 2.20. The van der Waals surface area contributed by atoms with Crippen LogP contribution in [0.1, 0.15) is 0 Å². The van der Waals surface area contributed by atoms with E-state index in [-0.39, 0.29) is 35.8 Å². The predicted octanol–water partition coefficient (Wildman–Crippen LogP) is 0.839. The van der Waals surface area contributed by atoms with E-state index < -0.39 is 0 Å². The first-order chi connectivity index (χ1) is 9.15. The predicted molar refractivity (Wildman–Crippen MR) is 91.1 cm³/mol. The van der Waals surface area contributed by atoms with Gasteiger partial charge in [-0.2, -0.15) is 0 Å². The van der Waals surface area contributed by atoms with Crippen LogP contribution < -0.4 is 16.4 Å². The summed E-state index contributed by atoms with van der Waals surface area (Å²) in [6.45, 7) is 5.32. The van der Waals surface area contributed by atoms with Crippen molar-refractivity contribution in [2.45, 2.75) is 0 Å². The molecule has 0 radical (unpaired) electrons. The third-order valence-electron chi connectivity index (χ3n) is 3.27. The van der Waals surface area contributed by atoms with Crippen molar-refractivity contribution in [2.24, 2.45) is 16.5 Å². The molecule has 2 rings (SSSR count). The van der Waals surface area contributed by atoms with Gasteiger partial charge in [0.15, 0.2) is 5.96 Å². The summed E-state index contributed by atoms with van der Waals surface area (Å²) in [4.78, 5) is 8.57. The van der Waals surface area contributed by atoms with Gasteiger partial charge >= 0.3 is 0 Å². The summed E-state index contributed by atoms with van der Waals surface area (Å²) in [5, 5.41) is 0. The van der Waals surface area contributed by atoms with Crippen molar-refractivity contribution in [1.29, 1.82) is 0 Å². The minimum atomic E-state index is -0.195. The van der Waals surface area contributed by atoms with E-state index in [4.69, 9.17) is 11.5 Å². The molecule has 1 fully saturated rings. The molecule has 0 bridgehead atoms. The number of piperazine rings is 1. The number of nitrogens with zero attached hydrogens (tertiary/aromatic N) is 3. The van der Waals surface area contributed by atoms with Crippen molar-refractivity contribution in [3.63, 3.8) is 0 Å². The van der Waals surface area contributed by atoms with Crippen molar-refractivity contribution in [2.75, 3.05) is 44.2 Å². The van der Waals surface area contributed by atoms with Crippen LogP contribution in [-0.2, 0) is 0 Å². The molecule has 0 unspecified atom stereocenters. The van der Waals surface area contributed by atoms with Crippen molar-refractivity contribution in [3.05, 3.63) is 30.1 Å². The number of benzene rings is 1. The lowest BCUT2D eigenvalue weighted by Gasteiger charge is -2.35. The average Bonchev–Trinajstić information content (AvgIpc) is 2.40. The van der Waals surface area contributed by atoms with E-state index in [0.29, 0.717) is 6.54 Å². The Morgan fingerprint density at radius 2 is 1.70 bits per heavy atom. The van der Waals surface area contributed by atoms with Gasteiger partial charge in [-0.1, -0.05) is 0 Å². The lowest BCUT2D eigenvalue weighted by molar-refractivity contribution is 0.265. The quantitative estimate of drug-likeness (QED) is 0.452. The average molecular weight is 393 g/mol. The lowest BCUT2D eigenvalue weighted by Crippen LogP contribution is -2.47. The second-order valence-electron chi connectivity index (χ2n) is 4.61. The highest BCUT2D eigenvalue weighted by Crippen LogP contribution is 2.16. The molecule has 0 spiro atoms. The van der Waals surface area contributed by atoms with Gasteiger partial charge in [0.1, 0.15) is 5.82 Å². The van der Waals surface area contributed by atoms with Gasteiger partial charge in [0.25, 0.3) is 0 Å². The molecule has 0 amide bonds. The third-order valence-corrected chi connectivity index (χ3v) is 3.27. The number of anilines is 1. The third kappa shape index (κ3) is 5.12. The standard InChI is InChI=1S/C13H20FN5.HI/c14-11-1-3-12(4-2-11)19-9-7-18(8-10-19)6-5-17-13(15)16;/h1-4H,5-10H2,(H4,15,16,17);1H. The molecule has 112 valence electrons. The van der Waals surface area contributed by atoms with Crippen LogP contribution in [0.25, 0.3) is 0 Å². The maximum absolute atomic E-state index is 12.9. The van der Waals surface area contributed by atoms with Crippen LogP contribution in [0.2, 0.25) is 0 Å². The Bertz CT molecular complexity index is 425. The Hall–Kier alpha value is -1.09. The first-order valence-electron chi connectivity index (χ1n) is 6.43. The number of rotatable bonds is 4. The maximum Gasteiger partial charge on any atom is 0.185 e. The summed E-state index contributed by atoms with van der Waals surface area (Å²) < 4.78 is 12.9. The van der Waals surface area contributed by atoms with Crippen LogP contribution in [0.5, 0.6) is 0 Å². The van der Waals surface area contributed by atoms with Gasteiger partial charge in [0, 0.05) is 38.4 Å². The molecule has 5 nitrogen and oxygen atoms in total. The first kappa shape index (κ1) is 17.0. The normalized spacial score (nSPS) is 15.6. The molecular weight excluding hydrogens is 372 g/mol. The number of guanidine groups is 1. The highest BCUT2D eigenvalue weighted by atomic mass is 127. The molecule has 1 heterocycles. The van der Waals surface area contributed by atoms with Crippen molar-refractivity contribution in [3.8, 4) is 0 Å². The number of halogens is 2. The molecule has 0 saturated carbocycles. The van der Waals surface area contributed by atoms with E-state index in [1.54, 1.807) is 0 Å². The van der Waals surface area contributed by atoms with E-state index in [1.807, 2.05) is 12.1 Å². The SMILES string of the molecule is I.NC(N)=NCCN1CCN(c2ccc(F)cc2)CC1. The van der Waals surface area contributed by atoms with E-state index >= 15 is 0 Å². The van der Waals surface area contributed by atoms with Gasteiger partial charge in [-0.15, -0.1) is 24.0 Å². The summed E-state index contributed by atoms with van der Waals surface area (Å²) >= 11 is 0.